The summed E-state index contributed by atoms with van der Waals surface area (Å²) < 4.78 is 5.14. The number of rotatable bonds is 4. The Morgan fingerprint density at radius 1 is 1.50 bits per heavy atom. The van der Waals surface area contributed by atoms with Crippen LogP contribution in [-0.2, 0) is 0 Å². The van der Waals surface area contributed by atoms with Gasteiger partial charge in [-0.2, -0.15) is 0 Å². The molecule has 0 aliphatic heterocycles. The summed E-state index contributed by atoms with van der Waals surface area (Å²) in [5.41, 5.74) is 5.65. The molecule has 0 aromatic carbocycles. The molecule has 4 nitrogen and oxygen atoms in total. The van der Waals surface area contributed by atoms with Gasteiger partial charge in [0.2, 0.25) is 0 Å². The maximum atomic E-state index is 5.65. The van der Waals surface area contributed by atoms with Crippen molar-refractivity contribution >= 4 is 17.6 Å². The fourth-order valence-electron chi connectivity index (χ4n) is 0.911. The molecule has 0 aliphatic carbocycles. The van der Waals surface area contributed by atoms with Crippen LogP contribution in [-0.4, -0.2) is 22.8 Å². The lowest BCUT2D eigenvalue weighted by molar-refractivity contribution is 0.401. The summed E-state index contributed by atoms with van der Waals surface area (Å²) in [5, 5.41) is 0.814. The number of thioether (sulfide) groups is 1. The summed E-state index contributed by atoms with van der Waals surface area (Å²) in [6, 6.07) is 0. The SMILES string of the molecule is COc1c(N)ncnc1SCC(C)C. The van der Waals surface area contributed by atoms with Crippen molar-refractivity contribution in [2.45, 2.75) is 18.9 Å². The third kappa shape index (κ3) is 2.77. The maximum Gasteiger partial charge on any atom is 0.193 e. The zero-order valence-electron chi connectivity index (χ0n) is 8.65. The fraction of sp³-hybridized carbons (Fsp3) is 0.556. The van der Waals surface area contributed by atoms with Gasteiger partial charge >= 0.3 is 0 Å². The Kier molecular flexibility index (Phi) is 4.00. The minimum atomic E-state index is 0.397. The number of methoxy groups -OCH3 is 1. The van der Waals surface area contributed by atoms with E-state index in [0.717, 1.165) is 10.8 Å². The minimum Gasteiger partial charge on any atom is -0.490 e. The minimum absolute atomic E-state index is 0.397. The van der Waals surface area contributed by atoms with Crippen LogP contribution in [0.3, 0.4) is 0 Å². The van der Waals surface area contributed by atoms with Gasteiger partial charge in [0.1, 0.15) is 11.4 Å². The number of nitrogens with zero attached hydrogens (tertiary/aromatic N) is 2. The van der Waals surface area contributed by atoms with Gasteiger partial charge in [0.25, 0.3) is 0 Å². The smallest absolute Gasteiger partial charge is 0.193 e. The maximum absolute atomic E-state index is 5.65. The zero-order valence-corrected chi connectivity index (χ0v) is 9.47. The van der Waals surface area contributed by atoms with E-state index in [9.17, 15) is 0 Å². The highest BCUT2D eigenvalue weighted by Gasteiger charge is 2.10. The predicted octanol–water partition coefficient (Wildman–Crippen LogP) is 1.82. The van der Waals surface area contributed by atoms with Crippen molar-refractivity contribution in [3.8, 4) is 5.75 Å². The van der Waals surface area contributed by atoms with E-state index >= 15 is 0 Å². The standard InChI is InChI=1S/C9H15N3OS/c1-6(2)4-14-9-7(13-3)8(10)11-5-12-9/h5-6H,4H2,1-3H3,(H2,10,11,12). The summed E-state index contributed by atoms with van der Waals surface area (Å²) in [4.78, 5) is 8.00. The van der Waals surface area contributed by atoms with Gasteiger partial charge in [-0.1, -0.05) is 13.8 Å². The Bertz CT molecular complexity index is 304. The second kappa shape index (κ2) is 5.05. The molecule has 0 unspecified atom stereocenters. The van der Waals surface area contributed by atoms with E-state index in [-0.39, 0.29) is 0 Å². The molecule has 0 aliphatic rings. The zero-order chi connectivity index (χ0) is 10.6. The Hall–Kier alpha value is -0.970. The highest BCUT2D eigenvalue weighted by molar-refractivity contribution is 7.99. The Labute approximate surface area is 88.3 Å². The molecule has 0 spiro atoms. The third-order valence-electron chi connectivity index (χ3n) is 1.56. The molecule has 0 saturated heterocycles. The summed E-state index contributed by atoms with van der Waals surface area (Å²) in [7, 11) is 1.58. The number of nitrogens with two attached hydrogens (primary N) is 1. The molecule has 1 rings (SSSR count). The quantitative estimate of drug-likeness (QED) is 0.610. The number of anilines is 1. The van der Waals surface area contributed by atoms with E-state index in [1.807, 2.05) is 0 Å². The highest BCUT2D eigenvalue weighted by atomic mass is 32.2. The Morgan fingerprint density at radius 2 is 2.21 bits per heavy atom. The van der Waals surface area contributed by atoms with E-state index in [2.05, 4.69) is 23.8 Å². The molecular weight excluding hydrogens is 198 g/mol. The topological polar surface area (TPSA) is 61.0 Å². The van der Waals surface area contributed by atoms with Crippen molar-refractivity contribution in [3.05, 3.63) is 6.33 Å². The second-order valence-electron chi connectivity index (χ2n) is 3.30. The van der Waals surface area contributed by atoms with Crippen molar-refractivity contribution in [2.24, 2.45) is 5.92 Å². The molecule has 1 aromatic rings. The number of aromatic nitrogens is 2. The van der Waals surface area contributed by atoms with Gasteiger partial charge < -0.3 is 10.5 Å². The molecule has 0 atom stereocenters. The van der Waals surface area contributed by atoms with E-state index in [1.54, 1.807) is 18.9 Å². The van der Waals surface area contributed by atoms with Crippen LogP contribution in [0.25, 0.3) is 0 Å². The van der Waals surface area contributed by atoms with E-state index in [1.165, 1.54) is 6.33 Å². The van der Waals surface area contributed by atoms with Gasteiger partial charge in [-0.3, -0.25) is 0 Å². The summed E-state index contributed by atoms with van der Waals surface area (Å²) in [6.07, 6.45) is 1.46. The molecule has 0 fully saturated rings. The molecule has 0 radical (unpaired) electrons. The van der Waals surface area contributed by atoms with Crippen molar-refractivity contribution in [3.63, 3.8) is 0 Å². The monoisotopic (exact) mass is 213 g/mol. The van der Waals surface area contributed by atoms with E-state index in [4.69, 9.17) is 10.5 Å². The second-order valence-corrected chi connectivity index (χ2v) is 4.31. The summed E-state index contributed by atoms with van der Waals surface area (Å²) >= 11 is 1.64. The van der Waals surface area contributed by atoms with Gasteiger partial charge in [0, 0.05) is 5.75 Å². The summed E-state index contributed by atoms with van der Waals surface area (Å²) in [5.74, 6) is 2.58. The van der Waals surface area contributed by atoms with Gasteiger partial charge in [0.15, 0.2) is 11.6 Å². The van der Waals surface area contributed by atoms with E-state index in [0.29, 0.717) is 17.5 Å². The number of hydrogen-bond donors (Lipinski definition) is 1. The molecular formula is C9H15N3OS. The Balaban J connectivity index is 2.80. The average Bonchev–Trinajstić information content (AvgIpc) is 2.14. The molecule has 0 amide bonds. The van der Waals surface area contributed by atoms with Crippen LogP contribution in [0.15, 0.2) is 11.4 Å². The predicted molar refractivity (Wildman–Crippen MR) is 58.6 cm³/mol. The first-order chi connectivity index (χ1) is 6.65. The number of ether oxygens (including phenoxy) is 1. The fourth-order valence-corrected chi connectivity index (χ4v) is 1.84. The first-order valence-corrected chi connectivity index (χ1v) is 5.41. The van der Waals surface area contributed by atoms with E-state index < -0.39 is 0 Å². The molecule has 0 saturated carbocycles. The largest absolute Gasteiger partial charge is 0.490 e. The van der Waals surface area contributed by atoms with Gasteiger partial charge in [-0.25, -0.2) is 9.97 Å². The van der Waals surface area contributed by atoms with Gasteiger partial charge in [-0.05, 0) is 5.92 Å². The lowest BCUT2D eigenvalue weighted by Crippen LogP contribution is -2.00. The average molecular weight is 213 g/mol. The van der Waals surface area contributed by atoms with Crippen LogP contribution < -0.4 is 10.5 Å². The lowest BCUT2D eigenvalue weighted by Gasteiger charge is -2.09. The highest BCUT2D eigenvalue weighted by Crippen LogP contribution is 2.31. The van der Waals surface area contributed by atoms with Gasteiger partial charge in [-0.15, -0.1) is 11.8 Å². The molecule has 14 heavy (non-hydrogen) atoms. The van der Waals surface area contributed by atoms with Crippen LogP contribution in [0.5, 0.6) is 5.75 Å². The molecule has 0 bridgehead atoms. The first-order valence-electron chi connectivity index (χ1n) is 4.42. The van der Waals surface area contributed by atoms with Crippen LogP contribution in [0.1, 0.15) is 13.8 Å². The van der Waals surface area contributed by atoms with Crippen molar-refractivity contribution in [2.75, 3.05) is 18.6 Å². The third-order valence-corrected chi connectivity index (χ3v) is 2.95. The molecule has 1 aromatic heterocycles. The normalized spacial score (nSPS) is 10.6. The van der Waals surface area contributed by atoms with Crippen LogP contribution >= 0.6 is 11.8 Å². The molecule has 2 N–H and O–H groups in total. The van der Waals surface area contributed by atoms with Crippen molar-refractivity contribution in [1.82, 2.24) is 9.97 Å². The van der Waals surface area contributed by atoms with Gasteiger partial charge in [0.05, 0.1) is 7.11 Å². The van der Waals surface area contributed by atoms with Crippen LogP contribution in [0.4, 0.5) is 5.82 Å². The van der Waals surface area contributed by atoms with Crippen LogP contribution in [0, 0.1) is 5.92 Å². The van der Waals surface area contributed by atoms with Crippen molar-refractivity contribution in [1.29, 1.82) is 0 Å². The van der Waals surface area contributed by atoms with Crippen LogP contribution in [0.2, 0.25) is 0 Å². The summed E-state index contributed by atoms with van der Waals surface area (Å²) in [6.45, 7) is 4.31. The number of nitrogen functional groups attached to an aromatic ring is 1. The Morgan fingerprint density at radius 3 is 2.79 bits per heavy atom. The number of hydrogen-bond acceptors (Lipinski definition) is 5. The molecule has 78 valence electrons. The van der Waals surface area contributed by atoms with Crippen molar-refractivity contribution < 1.29 is 4.74 Å². The molecule has 5 heteroatoms. The lowest BCUT2D eigenvalue weighted by atomic mass is 10.3. The molecule has 1 heterocycles. The first kappa shape index (κ1) is 11.1.